The lowest BCUT2D eigenvalue weighted by Crippen LogP contribution is -2.38. The maximum Gasteiger partial charge on any atom is 0.407 e. The third-order valence-electron chi connectivity index (χ3n) is 4.70. The molecule has 0 fully saturated rings. The quantitative estimate of drug-likeness (QED) is 0.400. The molecule has 0 aliphatic rings. The van der Waals surface area contributed by atoms with Gasteiger partial charge in [0.05, 0.1) is 0 Å². The van der Waals surface area contributed by atoms with E-state index in [1.54, 1.807) is 0 Å². The minimum Gasteiger partial charge on any atom is -0.481 e. The smallest absolute Gasteiger partial charge is 0.407 e. The van der Waals surface area contributed by atoms with Crippen molar-refractivity contribution in [2.75, 3.05) is 6.54 Å². The molecule has 8 nitrogen and oxygen atoms in total. The van der Waals surface area contributed by atoms with Crippen molar-refractivity contribution >= 4 is 18.2 Å². The summed E-state index contributed by atoms with van der Waals surface area (Å²) < 4.78 is 10.4. The van der Waals surface area contributed by atoms with E-state index in [4.69, 9.17) is 14.6 Å². The normalized spacial score (nSPS) is 11.2. The van der Waals surface area contributed by atoms with Crippen LogP contribution in [0.2, 0.25) is 0 Å². The molecule has 0 saturated heterocycles. The average molecular weight is 443 g/mol. The van der Waals surface area contributed by atoms with Gasteiger partial charge in [0.1, 0.15) is 13.2 Å². The molecule has 0 saturated carbocycles. The first-order valence-electron chi connectivity index (χ1n) is 10.7. The molecule has 8 heteroatoms. The highest BCUT2D eigenvalue weighted by molar-refractivity contribution is 5.68. The molecule has 2 amide bonds. The molecule has 1 unspecified atom stereocenters. The molecule has 1 atom stereocenters. The number of aliphatic carboxylic acids is 1. The Hall–Kier alpha value is -3.55. The van der Waals surface area contributed by atoms with E-state index in [9.17, 15) is 14.4 Å². The maximum atomic E-state index is 12.2. The molecule has 32 heavy (non-hydrogen) atoms. The van der Waals surface area contributed by atoms with Crippen LogP contribution in [-0.4, -0.2) is 35.8 Å². The zero-order valence-electron chi connectivity index (χ0n) is 18.0. The Bertz CT molecular complexity index is 829. The van der Waals surface area contributed by atoms with Crippen LogP contribution in [0.15, 0.2) is 60.7 Å². The van der Waals surface area contributed by atoms with Crippen molar-refractivity contribution in [1.82, 2.24) is 10.6 Å². The third-order valence-corrected chi connectivity index (χ3v) is 4.70. The molecule has 0 aromatic heterocycles. The van der Waals surface area contributed by atoms with Gasteiger partial charge in [-0.05, 0) is 30.4 Å². The summed E-state index contributed by atoms with van der Waals surface area (Å²) in [7, 11) is 0. The highest BCUT2D eigenvalue weighted by Gasteiger charge is 2.14. The zero-order chi connectivity index (χ0) is 23.0. The highest BCUT2D eigenvalue weighted by atomic mass is 16.6. The summed E-state index contributed by atoms with van der Waals surface area (Å²) >= 11 is 0. The topological polar surface area (TPSA) is 114 Å². The van der Waals surface area contributed by atoms with Gasteiger partial charge in [-0.15, -0.1) is 0 Å². The van der Waals surface area contributed by atoms with Crippen molar-refractivity contribution in [3.63, 3.8) is 0 Å². The van der Waals surface area contributed by atoms with Gasteiger partial charge in [0, 0.05) is 19.0 Å². The predicted octanol–water partition coefficient (Wildman–Crippen LogP) is 4.24. The van der Waals surface area contributed by atoms with Crippen LogP contribution in [0, 0.1) is 0 Å². The molecule has 2 aromatic rings. The monoisotopic (exact) mass is 442 g/mol. The number of carbonyl (C=O) groups is 3. The van der Waals surface area contributed by atoms with Gasteiger partial charge in [0.15, 0.2) is 0 Å². The second-order valence-corrected chi connectivity index (χ2v) is 7.32. The summed E-state index contributed by atoms with van der Waals surface area (Å²) in [6.45, 7) is 0.633. The summed E-state index contributed by atoms with van der Waals surface area (Å²) in [6, 6.07) is 18.4. The van der Waals surface area contributed by atoms with E-state index < -0.39 is 18.2 Å². The van der Waals surface area contributed by atoms with Gasteiger partial charge in [-0.1, -0.05) is 67.1 Å². The fraction of sp³-hybridized carbons (Fsp3) is 0.375. The summed E-state index contributed by atoms with van der Waals surface area (Å²) in [5.74, 6) is -0.848. The van der Waals surface area contributed by atoms with Crippen molar-refractivity contribution in [1.29, 1.82) is 0 Å². The van der Waals surface area contributed by atoms with E-state index in [2.05, 4.69) is 10.6 Å². The number of carboxylic acids is 1. The number of carbonyl (C=O) groups excluding carboxylic acids is 2. The number of rotatable bonds is 13. The number of hydrogen-bond acceptors (Lipinski definition) is 5. The van der Waals surface area contributed by atoms with Gasteiger partial charge in [-0.2, -0.15) is 0 Å². The molecule has 0 radical (unpaired) electrons. The van der Waals surface area contributed by atoms with Gasteiger partial charge in [0.25, 0.3) is 0 Å². The molecular formula is C24H30N2O6. The van der Waals surface area contributed by atoms with Crippen LogP contribution in [0.4, 0.5) is 9.59 Å². The molecule has 0 aliphatic carbocycles. The first-order valence-corrected chi connectivity index (χ1v) is 10.7. The third kappa shape index (κ3) is 11.0. The Morgan fingerprint density at radius 2 is 1.34 bits per heavy atom. The Balaban J connectivity index is 1.73. The molecule has 172 valence electrons. The summed E-state index contributed by atoms with van der Waals surface area (Å²) in [5.41, 5.74) is 1.77. The van der Waals surface area contributed by atoms with Gasteiger partial charge in [0.2, 0.25) is 0 Å². The number of unbranched alkanes of at least 4 members (excludes halogenated alkanes) is 1. The second kappa shape index (κ2) is 14.5. The largest absolute Gasteiger partial charge is 0.481 e. The summed E-state index contributed by atoms with van der Waals surface area (Å²) in [5, 5.41) is 14.3. The minimum absolute atomic E-state index is 0.0786. The Labute approximate surface area is 187 Å². The number of alkyl carbamates (subject to hydrolysis) is 2. The van der Waals surface area contributed by atoms with Gasteiger partial charge >= 0.3 is 18.2 Å². The van der Waals surface area contributed by atoms with E-state index in [0.717, 1.165) is 11.1 Å². The number of nitrogens with one attached hydrogen (secondary N) is 2. The molecule has 2 aromatic carbocycles. The fourth-order valence-corrected chi connectivity index (χ4v) is 3.01. The number of carboxylic acid groups (broad SMARTS) is 1. The van der Waals surface area contributed by atoms with Gasteiger partial charge in [-0.25, -0.2) is 9.59 Å². The van der Waals surface area contributed by atoms with Crippen molar-refractivity contribution in [3.8, 4) is 0 Å². The van der Waals surface area contributed by atoms with E-state index in [-0.39, 0.29) is 25.7 Å². The first-order chi connectivity index (χ1) is 15.5. The lowest BCUT2D eigenvalue weighted by molar-refractivity contribution is -0.137. The number of ether oxygens (including phenoxy) is 2. The molecule has 0 bridgehead atoms. The van der Waals surface area contributed by atoms with Crippen LogP contribution in [0.1, 0.15) is 43.2 Å². The Morgan fingerprint density at radius 3 is 1.91 bits per heavy atom. The summed E-state index contributed by atoms with van der Waals surface area (Å²) in [6.07, 6.45) is 1.18. The molecule has 3 N–H and O–H groups in total. The van der Waals surface area contributed by atoms with Gasteiger partial charge < -0.3 is 25.2 Å². The van der Waals surface area contributed by atoms with Crippen LogP contribution in [0.5, 0.6) is 0 Å². The predicted molar refractivity (Wildman–Crippen MR) is 119 cm³/mol. The van der Waals surface area contributed by atoms with Crippen LogP contribution >= 0.6 is 0 Å². The Morgan fingerprint density at radius 1 is 0.781 bits per heavy atom. The molecule has 0 spiro atoms. The number of hydrogen-bond donors (Lipinski definition) is 3. The lowest BCUT2D eigenvalue weighted by Gasteiger charge is -2.19. The maximum absolute atomic E-state index is 12.2. The number of amides is 2. The van der Waals surface area contributed by atoms with E-state index >= 15 is 0 Å². The van der Waals surface area contributed by atoms with Crippen LogP contribution in [0.25, 0.3) is 0 Å². The molecular weight excluding hydrogens is 412 g/mol. The highest BCUT2D eigenvalue weighted by Crippen LogP contribution is 2.08. The SMILES string of the molecule is O=C(O)CCCCC(CCNC(=O)OCc1ccccc1)NC(=O)OCc1ccccc1. The minimum atomic E-state index is -0.848. The van der Waals surface area contributed by atoms with Crippen LogP contribution < -0.4 is 10.6 Å². The van der Waals surface area contributed by atoms with Crippen molar-refractivity contribution in [2.24, 2.45) is 0 Å². The first kappa shape index (κ1) is 24.7. The second-order valence-electron chi connectivity index (χ2n) is 7.32. The molecule has 0 aliphatic heterocycles. The van der Waals surface area contributed by atoms with Crippen molar-refractivity contribution in [2.45, 2.75) is 51.4 Å². The summed E-state index contributed by atoms with van der Waals surface area (Å²) in [4.78, 5) is 34.8. The lowest BCUT2D eigenvalue weighted by atomic mass is 10.1. The fourth-order valence-electron chi connectivity index (χ4n) is 3.01. The standard InChI is InChI=1S/C24H30N2O6/c27-22(28)14-8-7-13-21(26-24(30)32-18-20-11-5-2-6-12-20)15-16-25-23(29)31-17-19-9-3-1-4-10-19/h1-6,9-12,21H,7-8,13-18H2,(H,25,29)(H,26,30)(H,27,28). The van der Waals surface area contributed by atoms with Crippen molar-refractivity contribution in [3.05, 3.63) is 71.8 Å². The molecule has 2 rings (SSSR count). The van der Waals surface area contributed by atoms with E-state index in [1.807, 2.05) is 60.7 Å². The zero-order valence-corrected chi connectivity index (χ0v) is 18.0. The Kier molecular flexibility index (Phi) is 11.2. The van der Waals surface area contributed by atoms with E-state index in [1.165, 1.54) is 0 Å². The van der Waals surface area contributed by atoms with Crippen molar-refractivity contribution < 1.29 is 29.0 Å². The van der Waals surface area contributed by atoms with E-state index in [0.29, 0.717) is 32.2 Å². The van der Waals surface area contributed by atoms with Gasteiger partial charge in [-0.3, -0.25) is 4.79 Å². The van der Waals surface area contributed by atoms with Crippen LogP contribution in [-0.2, 0) is 27.5 Å². The molecule has 0 heterocycles. The van der Waals surface area contributed by atoms with Crippen LogP contribution in [0.3, 0.4) is 0 Å². The number of benzene rings is 2. The average Bonchev–Trinajstić information content (AvgIpc) is 2.80.